The van der Waals surface area contributed by atoms with E-state index in [9.17, 15) is 5.11 Å². The summed E-state index contributed by atoms with van der Waals surface area (Å²) in [4.78, 5) is 0. The first-order chi connectivity index (χ1) is 13.7. The van der Waals surface area contributed by atoms with E-state index in [0.717, 1.165) is 30.1 Å². The van der Waals surface area contributed by atoms with Gasteiger partial charge in [0, 0.05) is 0 Å². The first kappa shape index (κ1) is 28.9. The molecule has 1 N–H and O–H groups in total. The molecule has 0 amide bonds. The average molecular weight is 536 g/mol. The van der Waals surface area contributed by atoms with E-state index in [0.29, 0.717) is 12.4 Å². The van der Waals surface area contributed by atoms with E-state index < -0.39 is 13.6 Å². The Morgan fingerprint density at radius 3 is 1.84 bits per heavy atom. The fourth-order valence-corrected chi connectivity index (χ4v) is 18.1. The number of phenols is 1. The van der Waals surface area contributed by atoms with Crippen molar-refractivity contribution in [3.63, 3.8) is 0 Å². The van der Waals surface area contributed by atoms with Crippen molar-refractivity contribution >= 4 is 34.4 Å². The van der Waals surface area contributed by atoms with Gasteiger partial charge in [-0.1, -0.05) is 0 Å². The molecule has 1 aromatic rings. The zero-order chi connectivity index (χ0) is 24.5. The summed E-state index contributed by atoms with van der Waals surface area (Å²) in [6, 6.07) is 6.74. The maximum absolute atomic E-state index is 10.6. The van der Waals surface area contributed by atoms with Gasteiger partial charge in [-0.2, -0.15) is 0 Å². The van der Waals surface area contributed by atoms with Gasteiger partial charge in [-0.3, -0.25) is 0 Å². The predicted molar refractivity (Wildman–Crippen MR) is 147 cm³/mol. The molecule has 0 aliphatic carbocycles. The second-order valence-corrected chi connectivity index (χ2v) is 27.4. The van der Waals surface area contributed by atoms with Crippen LogP contribution in [-0.4, -0.2) is 42.1 Å². The van der Waals surface area contributed by atoms with E-state index in [4.69, 9.17) is 9.16 Å². The van der Waals surface area contributed by atoms with Crippen LogP contribution in [0.1, 0.15) is 75.7 Å². The van der Waals surface area contributed by atoms with Gasteiger partial charge in [0.2, 0.25) is 0 Å². The average Bonchev–Trinajstić information content (AvgIpc) is 2.55. The van der Waals surface area contributed by atoms with Crippen molar-refractivity contribution in [2.45, 2.75) is 110 Å². The van der Waals surface area contributed by atoms with Crippen molar-refractivity contribution < 1.29 is 14.3 Å². The zero-order valence-corrected chi connectivity index (χ0v) is 25.6. The Morgan fingerprint density at radius 2 is 1.42 bits per heavy atom. The van der Waals surface area contributed by atoms with Crippen molar-refractivity contribution in [1.29, 1.82) is 0 Å². The third-order valence-electron chi connectivity index (χ3n) is 6.89. The molecule has 3 nitrogen and oxygen atoms in total. The summed E-state index contributed by atoms with van der Waals surface area (Å²) in [5.74, 6) is 1.18. The van der Waals surface area contributed by atoms with Gasteiger partial charge in [-0.15, -0.1) is 0 Å². The Labute approximate surface area is 201 Å². The molecule has 0 saturated carbocycles. The molecule has 0 heterocycles. The molecular formula is C25H48BrO3PSi. The molecule has 1 aromatic carbocycles. The third-order valence-corrected chi connectivity index (χ3v) is 29.1. The first-order valence-corrected chi connectivity index (χ1v) is 18.9. The summed E-state index contributed by atoms with van der Waals surface area (Å²) in [5.41, 5.74) is 0. The van der Waals surface area contributed by atoms with Crippen LogP contribution in [0, 0.1) is 0 Å². The van der Waals surface area contributed by atoms with Gasteiger partial charge in [0.1, 0.15) is 0 Å². The fraction of sp³-hybridized carbons (Fsp3) is 0.760. The standard InChI is InChI=1S/C25H48BrO3PSi/c1-13-29-31(11,12)18-14-17-28-21-16-15-20(27)19-22(21)30(26,23(2,3)4,24(5,6)7)25(8,9)10/h15-16,19,27H,13-14,17-18H2,1-12H3. The molecule has 0 fully saturated rings. The Morgan fingerprint density at radius 1 is 0.935 bits per heavy atom. The van der Waals surface area contributed by atoms with E-state index in [2.05, 4.69) is 97.8 Å². The molecule has 0 aromatic heterocycles. The van der Waals surface area contributed by atoms with E-state index in [1.807, 2.05) is 12.1 Å². The number of halogens is 1. The summed E-state index contributed by atoms with van der Waals surface area (Å²) in [6.45, 7) is 29.0. The molecule has 6 heteroatoms. The van der Waals surface area contributed by atoms with Crippen LogP contribution >= 0.6 is 20.8 Å². The Hall–Kier alpha value is -0.0931. The summed E-state index contributed by atoms with van der Waals surface area (Å²) in [7, 11) is -1.63. The van der Waals surface area contributed by atoms with Gasteiger partial charge in [-0.05, 0) is 0 Å². The molecule has 0 aliphatic heterocycles. The van der Waals surface area contributed by atoms with Crippen LogP contribution in [0.25, 0.3) is 0 Å². The number of ether oxygens (including phenoxy) is 1. The molecular weight excluding hydrogens is 487 g/mol. The summed E-state index contributed by atoms with van der Waals surface area (Å²) >= 11 is 4.54. The minimum atomic E-state index is -2.97. The van der Waals surface area contributed by atoms with Crippen LogP contribution in [0.2, 0.25) is 19.1 Å². The van der Waals surface area contributed by atoms with Crippen molar-refractivity contribution in [2.75, 3.05) is 13.2 Å². The van der Waals surface area contributed by atoms with Gasteiger partial charge in [-0.25, -0.2) is 0 Å². The molecule has 182 valence electrons. The summed E-state index contributed by atoms with van der Waals surface area (Å²) in [5, 5.41) is 8.54. The van der Waals surface area contributed by atoms with Gasteiger partial charge in [0.05, 0.1) is 0 Å². The third kappa shape index (κ3) is 4.91. The van der Waals surface area contributed by atoms with Crippen LogP contribution in [0.5, 0.6) is 11.5 Å². The van der Waals surface area contributed by atoms with E-state index >= 15 is 0 Å². The van der Waals surface area contributed by atoms with Crippen molar-refractivity contribution in [2.24, 2.45) is 0 Å². The predicted octanol–water partition coefficient (Wildman–Crippen LogP) is 8.29. The molecule has 0 spiro atoms. The van der Waals surface area contributed by atoms with Crippen molar-refractivity contribution in [3.05, 3.63) is 18.2 Å². The number of phenolic OH excluding ortho intramolecular Hbond substituents is 1. The van der Waals surface area contributed by atoms with Gasteiger partial charge in [0.25, 0.3) is 0 Å². The van der Waals surface area contributed by atoms with Crippen LogP contribution < -0.4 is 10.0 Å². The Balaban J connectivity index is 3.59. The van der Waals surface area contributed by atoms with Crippen molar-refractivity contribution in [3.8, 4) is 11.5 Å². The monoisotopic (exact) mass is 534 g/mol. The number of rotatable bonds is 8. The summed E-state index contributed by atoms with van der Waals surface area (Å²) < 4.78 is 12.5. The molecule has 31 heavy (non-hydrogen) atoms. The topological polar surface area (TPSA) is 38.7 Å². The number of hydrogen-bond acceptors (Lipinski definition) is 3. The molecule has 0 unspecified atom stereocenters. The summed E-state index contributed by atoms with van der Waals surface area (Å²) in [6.07, 6.45) is 0.971. The number of aromatic hydroxyl groups is 1. The number of benzene rings is 1. The van der Waals surface area contributed by atoms with Gasteiger partial charge < -0.3 is 0 Å². The molecule has 0 atom stereocenters. The van der Waals surface area contributed by atoms with Gasteiger partial charge in [0.15, 0.2) is 0 Å². The minimum absolute atomic E-state index is 0.0716. The molecule has 0 radical (unpaired) electrons. The molecule has 0 aliphatic rings. The van der Waals surface area contributed by atoms with E-state index in [-0.39, 0.29) is 15.5 Å². The second kappa shape index (κ2) is 9.28. The fourth-order valence-electron chi connectivity index (χ4n) is 6.20. The number of hydrogen-bond donors (Lipinski definition) is 1. The van der Waals surface area contributed by atoms with E-state index in [1.165, 1.54) is 0 Å². The quantitative estimate of drug-likeness (QED) is 0.207. The van der Waals surface area contributed by atoms with Crippen LogP contribution in [-0.2, 0) is 4.43 Å². The second-order valence-electron chi connectivity index (χ2n) is 12.3. The Kier molecular flexibility index (Phi) is 8.66. The zero-order valence-electron chi connectivity index (χ0n) is 22.1. The van der Waals surface area contributed by atoms with Crippen LogP contribution in [0.4, 0.5) is 0 Å². The maximum atomic E-state index is 10.6. The van der Waals surface area contributed by atoms with E-state index in [1.54, 1.807) is 6.07 Å². The van der Waals surface area contributed by atoms with Crippen LogP contribution in [0.15, 0.2) is 18.2 Å². The SMILES string of the molecule is CCO[Si](C)(C)CCCOc1ccc(O)cc1P(Br)(C(C)(C)C)(C(C)(C)C)C(C)(C)C. The molecule has 1 rings (SSSR count). The van der Waals surface area contributed by atoms with Crippen molar-refractivity contribution in [1.82, 2.24) is 0 Å². The molecule has 0 bridgehead atoms. The van der Waals surface area contributed by atoms with Gasteiger partial charge >= 0.3 is 202 Å². The molecule has 0 saturated heterocycles. The van der Waals surface area contributed by atoms with Crippen LogP contribution in [0.3, 0.4) is 0 Å². The first-order valence-electron chi connectivity index (χ1n) is 11.6. The normalized spacial score (nSPS) is 15.5. The Bertz CT molecular complexity index is 719.